The minimum absolute atomic E-state index is 0.0927. The molecule has 1 aliphatic heterocycles. The molecule has 2 aromatic heterocycles. The molecule has 1 saturated heterocycles. The summed E-state index contributed by atoms with van der Waals surface area (Å²) in [4.78, 5) is 22.1. The van der Waals surface area contributed by atoms with Crippen LogP contribution in [0, 0.1) is 6.92 Å². The molecule has 1 aromatic carbocycles. The number of aliphatic hydroxyl groups excluding tert-OH is 2. The molecule has 3 heterocycles. The Morgan fingerprint density at radius 1 is 1.28 bits per heavy atom. The second-order valence-electron chi connectivity index (χ2n) is 8.90. The average Bonchev–Trinajstić information content (AvgIpc) is 3.33. The third-order valence-corrected chi connectivity index (χ3v) is 6.78. The van der Waals surface area contributed by atoms with Crippen LogP contribution in [0.5, 0.6) is 11.5 Å². The van der Waals surface area contributed by atoms with E-state index in [1.165, 1.54) is 31.4 Å². The summed E-state index contributed by atoms with van der Waals surface area (Å²) < 4.78 is 22.5. The maximum Gasteiger partial charge on any atom is 0.349 e. The zero-order valence-electron chi connectivity index (χ0n) is 20.4. The van der Waals surface area contributed by atoms with E-state index in [1.54, 1.807) is 38.4 Å². The number of aromatic hydroxyl groups is 1. The number of ether oxygens (including phenoxy) is 3. The van der Waals surface area contributed by atoms with E-state index < -0.39 is 35.8 Å². The van der Waals surface area contributed by atoms with Crippen molar-refractivity contribution in [2.75, 3.05) is 7.11 Å². The quantitative estimate of drug-likeness (QED) is 0.240. The van der Waals surface area contributed by atoms with Gasteiger partial charge in [0, 0.05) is 24.3 Å². The number of benzene rings is 1. The Labute approximate surface area is 210 Å². The highest BCUT2D eigenvalue weighted by Crippen LogP contribution is 2.37. The van der Waals surface area contributed by atoms with Gasteiger partial charge in [-0.1, -0.05) is 5.16 Å². The van der Waals surface area contributed by atoms with Crippen LogP contribution >= 0.6 is 11.3 Å². The molecule has 0 unspecified atom stereocenters. The number of hydrogen-bond acceptors (Lipinski definition) is 12. The monoisotopic (exact) mass is 520 g/mol. The summed E-state index contributed by atoms with van der Waals surface area (Å²) in [7, 11) is 1.42. The van der Waals surface area contributed by atoms with Crippen molar-refractivity contribution in [1.82, 2.24) is 4.98 Å². The van der Waals surface area contributed by atoms with Crippen LogP contribution in [0.3, 0.4) is 0 Å². The molecule has 3 N–H and O–H groups in total. The van der Waals surface area contributed by atoms with Crippen LogP contribution in [-0.4, -0.2) is 63.3 Å². The second kappa shape index (κ2) is 10.1. The highest BCUT2D eigenvalue weighted by molar-refractivity contribution is 7.09. The summed E-state index contributed by atoms with van der Waals surface area (Å²) >= 11 is 1.40. The highest BCUT2D eigenvalue weighted by Gasteiger charge is 2.50. The van der Waals surface area contributed by atoms with Crippen molar-refractivity contribution in [2.45, 2.75) is 64.5 Å². The van der Waals surface area contributed by atoms with Crippen molar-refractivity contribution in [3.63, 3.8) is 0 Å². The smallest absolute Gasteiger partial charge is 0.349 e. The maximum absolute atomic E-state index is 12.8. The SMILES string of the molecule is CO[C@@H]1[C@@H](O)[C@@H](O)[C@H](Oc2ccc3c(O)c(C(C)=NOCc4nccs4)c(=O)oc3c2C)OC1(C)C. The van der Waals surface area contributed by atoms with Gasteiger partial charge in [0.15, 0.2) is 6.61 Å². The van der Waals surface area contributed by atoms with E-state index in [-0.39, 0.29) is 40.4 Å². The fraction of sp³-hybridized carbons (Fsp3) is 0.458. The van der Waals surface area contributed by atoms with Crippen LogP contribution in [0.1, 0.15) is 36.9 Å². The Balaban J connectivity index is 1.62. The van der Waals surface area contributed by atoms with Gasteiger partial charge in [-0.3, -0.25) is 0 Å². The molecule has 1 fully saturated rings. The van der Waals surface area contributed by atoms with Gasteiger partial charge in [-0.25, -0.2) is 9.78 Å². The number of nitrogens with zero attached hydrogens (tertiary/aromatic N) is 2. The largest absolute Gasteiger partial charge is 0.506 e. The molecule has 0 aliphatic carbocycles. The van der Waals surface area contributed by atoms with Crippen molar-refractivity contribution in [3.8, 4) is 11.5 Å². The van der Waals surface area contributed by atoms with E-state index in [4.69, 9.17) is 23.5 Å². The normalized spacial score (nSPS) is 24.1. The molecule has 3 aromatic rings. The van der Waals surface area contributed by atoms with Gasteiger partial charge in [-0.05, 0) is 39.8 Å². The van der Waals surface area contributed by atoms with Gasteiger partial charge in [-0.2, -0.15) is 0 Å². The predicted octanol–water partition coefficient (Wildman–Crippen LogP) is 2.45. The van der Waals surface area contributed by atoms with Crippen LogP contribution in [0.25, 0.3) is 11.0 Å². The molecule has 12 heteroatoms. The standard InChI is InChI=1S/C24H28N2O9S/c1-11-14(33-23-19(29)18(28)21(31-5)24(3,4)35-23)7-6-13-17(27)16(22(30)34-20(11)13)12(2)26-32-10-15-25-8-9-36-15/h6-9,18-19,21,23,27-29H,10H2,1-5H3/t18-,19+,21+,23+/m0/s1. The van der Waals surface area contributed by atoms with Gasteiger partial charge in [-0.15, -0.1) is 11.3 Å². The van der Waals surface area contributed by atoms with Crippen LogP contribution in [0.15, 0.2) is 38.1 Å². The van der Waals surface area contributed by atoms with E-state index >= 15 is 0 Å². The molecule has 4 rings (SSSR count). The molecular formula is C24H28N2O9S. The van der Waals surface area contributed by atoms with Crippen LogP contribution < -0.4 is 10.4 Å². The molecule has 0 saturated carbocycles. The summed E-state index contributed by atoms with van der Waals surface area (Å²) in [6.45, 7) is 6.70. The lowest BCUT2D eigenvalue weighted by Gasteiger charge is -2.46. The van der Waals surface area contributed by atoms with Crippen LogP contribution in [-0.2, 0) is 20.9 Å². The number of aliphatic hydroxyl groups is 2. The van der Waals surface area contributed by atoms with Crippen molar-refractivity contribution in [2.24, 2.45) is 5.16 Å². The minimum atomic E-state index is -1.40. The summed E-state index contributed by atoms with van der Waals surface area (Å²) in [6, 6.07) is 3.06. The fourth-order valence-electron chi connectivity index (χ4n) is 4.20. The first kappa shape index (κ1) is 26.0. The molecule has 0 bridgehead atoms. The average molecular weight is 521 g/mol. The third kappa shape index (κ3) is 4.82. The lowest BCUT2D eigenvalue weighted by atomic mass is 9.89. The van der Waals surface area contributed by atoms with Crippen molar-refractivity contribution in [1.29, 1.82) is 0 Å². The molecule has 4 atom stereocenters. The number of rotatable bonds is 7. The molecule has 36 heavy (non-hydrogen) atoms. The summed E-state index contributed by atoms with van der Waals surface area (Å²) in [5, 5.41) is 38.6. The summed E-state index contributed by atoms with van der Waals surface area (Å²) in [5.41, 5.74) is -1.28. The second-order valence-corrected chi connectivity index (χ2v) is 9.88. The molecular weight excluding hydrogens is 492 g/mol. The van der Waals surface area contributed by atoms with E-state index in [2.05, 4.69) is 10.1 Å². The summed E-state index contributed by atoms with van der Waals surface area (Å²) in [6.07, 6.45) is -3.00. The Kier molecular flexibility index (Phi) is 7.34. The van der Waals surface area contributed by atoms with Gasteiger partial charge in [0.1, 0.15) is 46.0 Å². The highest BCUT2D eigenvalue weighted by atomic mass is 32.1. The molecule has 1 aliphatic rings. The zero-order valence-corrected chi connectivity index (χ0v) is 21.2. The number of aryl methyl sites for hydroxylation is 1. The topological polar surface area (TPSA) is 153 Å². The number of thiazole rings is 1. The lowest BCUT2D eigenvalue weighted by molar-refractivity contribution is -0.306. The van der Waals surface area contributed by atoms with Gasteiger partial charge in [0.05, 0.1) is 16.7 Å². The molecule has 0 radical (unpaired) electrons. The Hall–Kier alpha value is -3.03. The minimum Gasteiger partial charge on any atom is -0.506 e. The molecule has 0 spiro atoms. The molecule has 0 amide bonds. The first-order valence-electron chi connectivity index (χ1n) is 11.1. The van der Waals surface area contributed by atoms with Crippen molar-refractivity contribution >= 4 is 28.0 Å². The van der Waals surface area contributed by atoms with Gasteiger partial charge in [0.25, 0.3) is 0 Å². The number of fused-ring (bicyclic) bond motifs is 1. The van der Waals surface area contributed by atoms with E-state index in [1.807, 2.05) is 0 Å². The fourth-order valence-corrected chi connectivity index (χ4v) is 4.72. The predicted molar refractivity (Wildman–Crippen MR) is 130 cm³/mol. The zero-order chi connectivity index (χ0) is 26.2. The van der Waals surface area contributed by atoms with E-state index in [9.17, 15) is 20.1 Å². The first-order valence-corrected chi connectivity index (χ1v) is 12.0. The van der Waals surface area contributed by atoms with Crippen molar-refractivity contribution in [3.05, 3.63) is 50.3 Å². The van der Waals surface area contributed by atoms with E-state index in [0.717, 1.165) is 0 Å². The van der Waals surface area contributed by atoms with Gasteiger partial charge < -0.3 is 38.8 Å². The number of hydrogen-bond donors (Lipinski definition) is 3. The number of aromatic nitrogens is 1. The van der Waals surface area contributed by atoms with E-state index in [0.29, 0.717) is 10.6 Å². The first-order chi connectivity index (χ1) is 17.0. The molecule has 11 nitrogen and oxygen atoms in total. The summed E-state index contributed by atoms with van der Waals surface area (Å²) in [5.74, 6) is -0.0821. The van der Waals surface area contributed by atoms with Crippen LogP contribution in [0.2, 0.25) is 0 Å². The Morgan fingerprint density at radius 2 is 2.03 bits per heavy atom. The van der Waals surface area contributed by atoms with Gasteiger partial charge in [0.2, 0.25) is 6.29 Å². The molecule has 194 valence electrons. The Morgan fingerprint density at radius 3 is 2.69 bits per heavy atom. The number of oxime groups is 1. The third-order valence-electron chi connectivity index (χ3n) is 6.02. The maximum atomic E-state index is 12.8. The Bertz CT molecular complexity index is 1320. The van der Waals surface area contributed by atoms with Crippen LogP contribution in [0.4, 0.5) is 0 Å². The lowest BCUT2D eigenvalue weighted by Crippen LogP contribution is -2.63. The van der Waals surface area contributed by atoms with Gasteiger partial charge >= 0.3 is 5.63 Å². The van der Waals surface area contributed by atoms with Crippen molar-refractivity contribution < 1.29 is 38.8 Å². The number of methoxy groups -OCH3 is 1.